The lowest BCUT2D eigenvalue weighted by Gasteiger charge is -2.07. The van der Waals surface area contributed by atoms with Crippen LogP contribution in [0.25, 0.3) is 11.0 Å². The van der Waals surface area contributed by atoms with Crippen molar-refractivity contribution in [2.24, 2.45) is 0 Å². The van der Waals surface area contributed by atoms with Gasteiger partial charge in [-0.05, 0) is 6.07 Å². The van der Waals surface area contributed by atoms with Gasteiger partial charge < -0.3 is 9.67 Å². The summed E-state index contributed by atoms with van der Waals surface area (Å²) in [6, 6.07) is 1.38. The van der Waals surface area contributed by atoms with Gasteiger partial charge in [0, 0.05) is 12.7 Å². The molecule has 0 spiro atoms. The number of allylic oxidation sites excluding steroid dienone is 1. The topological polar surface area (TPSA) is 53.8 Å². The number of hydrogen-bond acceptors (Lipinski definition) is 3. The Morgan fingerprint density at radius 1 is 1.64 bits per heavy atom. The van der Waals surface area contributed by atoms with E-state index in [2.05, 4.69) is 16.5 Å². The lowest BCUT2D eigenvalue weighted by molar-refractivity contribution is -0.284. The van der Waals surface area contributed by atoms with Crippen LogP contribution in [0.2, 0.25) is 5.15 Å². The molecule has 0 N–H and O–H groups in total. The van der Waals surface area contributed by atoms with Crippen molar-refractivity contribution < 1.29 is 5.11 Å². The standard InChI is InChI=1S/C9H8ClN3O/c1-2-5-13-6-3-4-11-8(10)7(6)12-9(13)14/h2-4H,1,5H2,(H,12,14)/p-1. The van der Waals surface area contributed by atoms with E-state index in [-0.39, 0.29) is 11.2 Å². The van der Waals surface area contributed by atoms with Crippen molar-refractivity contribution in [3.63, 3.8) is 0 Å². The molecule has 0 radical (unpaired) electrons. The van der Waals surface area contributed by atoms with Gasteiger partial charge in [-0.25, -0.2) is 9.97 Å². The van der Waals surface area contributed by atoms with Crippen LogP contribution in [0.15, 0.2) is 24.9 Å². The van der Waals surface area contributed by atoms with Gasteiger partial charge in [-0.2, -0.15) is 0 Å². The quantitative estimate of drug-likeness (QED) is 0.553. The van der Waals surface area contributed by atoms with Crippen molar-refractivity contribution in [3.8, 4) is 6.01 Å². The Balaban J connectivity index is 2.76. The van der Waals surface area contributed by atoms with Crippen LogP contribution in [-0.2, 0) is 6.54 Å². The van der Waals surface area contributed by atoms with E-state index < -0.39 is 0 Å². The molecule has 2 rings (SSSR count). The molecule has 0 aromatic carbocycles. The average Bonchev–Trinajstić information content (AvgIpc) is 2.47. The molecule has 2 aromatic heterocycles. The van der Waals surface area contributed by atoms with Gasteiger partial charge in [0.25, 0.3) is 0 Å². The molecule has 2 heterocycles. The highest BCUT2D eigenvalue weighted by Crippen LogP contribution is 2.23. The molecule has 0 fully saturated rings. The number of nitrogens with zero attached hydrogens (tertiary/aromatic N) is 3. The predicted molar refractivity (Wildman–Crippen MR) is 52.2 cm³/mol. The summed E-state index contributed by atoms with van der Waals surface area (Å²) in [6.45, 7) is 4.00. The van der Waals surface area contributed by atoms with Crippen LogP contribution in [0.3, 0.4) is 0 Å². The molecular weight excluding hydrogens is 202 g/mol. The van der Waals surface area contributed by atoms with Crippen molar-refractivity contribution in [3.05, 3.63) is 30.1 Å². The second-order valence-electron chi connectivity index (χ2n) is 2.76. The molecule has 0 bridgehead atoms. The Bertz CT molecular complexity index is 492. The Morgan fingerprint density at radius 3 is 3.14 bits per heavy atom. The summed E-state index contributed by atoms with van der Waals surface area (Å²) in [4.78, 5) is 7.64. The first-order chi connectivity index (χ1) is 6.74. The summed E-state index contributed by atoms with van der Waals surface area (Å²) >= 11 is 5.79. The maximum Gasteiger partial charge on any atom is 0.156 e. The minimum atomic E-state index is -0.324. The summed E-state index contributed by atoms with van der Waals surface area (Å²) < 4.78 is 1.50. The van der Waals surface area contributed by atoms with Crippen molar-refractivity contribution in [2.75, 3.05) is 0 Å². The number of rotatable bonds is 2. The van der Waals surface area contributed by atoms with E-state index in [1.807, 2.05) is 0 Å². The molecule has 0 unspecified atom stereocenters. The zero-order valence-corrected chi connectivity index (χ0v) is 8.03. The van der Waals surface area contributed by atoms with Gasteiger partial charge in [0.2, 0.25) is 0 Å². The Kier molecular flexibility index (Phi) is 2.13. The van der Waals surface area contributed by atoms with Gasteiger partial charge in [-0.3, -0.25) is 0 Å². The second-order valence-corrected chi connectivity index (χ2v) is 3.12. The highest BCUT2D eigenvalue weighted by molar-refractivity contribution is 6.33. The SMILES string of the molecule is C=CCn1c([O-])nc2c(Cl)nccc21. The van der Waals surface area contributed by atoms with Crippen LogP contribution >= 0.6 is 11.6 Å². The van der Waals surface area contributed by atoms with Crippen LogP contribution in [0, 0.1) is 0 Å². The lowest BCUT2D eigenvalue weighted by atomic mass is 10.4. The average molecular weight is 209 g/mol. The van der Waals surface area contributed by atoms with Gasteiger partial charge in [-0.1, -0.05) is 17.7 Å². The van der Waals surface area contributed by atoms with E-state index in [1.54, 1.807) is 18.3 Å². The van der Waals surface area contributed by atoms with Crippen LogP contribution in [-0.4, -0.2) is 14.5 Å². The van der Waals surface area contributed by atoms with Gasteiger partial charge in [0.05, 0.1) is 11.5 Å². The monoisotopic (exact) mass is 208 g/mol. The summed E-state index contributed by atoms with van der Waals surface area (Å²) in [5.74, 6) is 0. The first kappa shape index (κ1) is 9.02. The third-order valence-electron chi connectivity index (χ3n) is 1.90. The maximum atomic E-state index is 11.4. The summed E-state index contributed by atoms with van der Waals surface area (Å²) in [6.07, 6.45) is 3.18. The molecule has 0 aliphatic rings. The number of hydrogen-bond donors (Lipinski definition) is 0. The van der Waals surface area contributed by atoms with Crippen LogP contribution in [0.4, 0.5) is 0 Å². The molecule has 72 valence electrons. The van der Waals surface area contributed by atoms with Crippen molar-refractivity contribution >= 4 is 22.6 Å². The normalized spacial score (nSPS) is 10.6. The highest BCUT2D eigenvalue weighted by Gasteiger charge is 2.06. The van der Waals surface area contributed by atoms with E-state index in [4.69, 9.17) is 11.6 Å². The van der Waals surface area contributed by atoms with Crippen LogP contribution in [0.5, 0.6) is 6.01 Å². The second kappa shape index (κ2) is 3.31. The largest absolute Gasteiger partial charge is 0.846 e. The molecular formula is C9H7ClN3O-. The number of fused-ring (bicyclic) bond motifs is 1. The van der Waals surface area contributed by atoms with Gasteiger partial charge >= 0.3 is 0 Å². The first-order valence-electron chi connectivity index (χ1n) is 4.02. The van der Waals surface area contributed by atoms with Gasteiger partial charge in [-0.15, -0.1) is 6.58 Å². The minimum Gasteiger partial charge on any atom is -0.846 e. The molecule has 5 heteroatoms. The minimum absolute atomic E-state index is 0.252. The third kappa shape index (κ3) is 1.24. The number of halogens is 1. The summed E-state index contributed by atoms with van der Waals surface area (Å²) in [7, 11) is 0. The van der Waals surface area contributed by atoms with Crippen LogP contribution < -0.4 is 5.11 Å². The molecule has 0 aliphatic heterocycles. The lowest BCUT2D eigenvalue weighted by Crippen LogP contribution is -2.03. The van der Waals surface area contributed by atoms with Gasteiger partial charge in [0.1, 0.15) is 5.52 Å². The molecule has 0 amide bonds. The molecule has 0 aliphatic carbocycles. The molecule has 0 saturated carbocycles. The number of imidazole rings is 1. The summed E-state index contributed by atoms with van der Waals surface area (Å²) in [5.41, 5.74) is 1.14. The van der Waals surface area contributed by atoms with Crippen LogP contribution in [0.1, 0.15) is 0 Å². The van der Waals surface area contributed by atoms with E-state index in [0.29, 0.717) is 17.6 Å². The molecule has 14 heavy (non-hydrogen) atoms. The predicted octanol–water partition coefficient (Wildman–Crippen LogP) is 1.34. The highest BCUT2D eigenvalue weighted by atomic mass is 35.5. The number of aromatic nitrogens is 3. The molecule has 2 aromatic rings. The van der Waals surface area contributed by atoms with E-state index in [1.165, 1.54) is 4.57 Å². The van der Waals surface area contributed by atoms with E-state index >= 15 is 0 Å². The van der Waals surface area contributed by atoms with Crippen molar-refractivity contribution in [1.29, 1.82) is 0 Å². The zero-order chi connectivity index (χ0) is 10.1. The molecule has 4 nitrogen and oxygen atoms in total. The fourth-order valence-electron chi connectivity index (χ4n) is 1.30. The molecule has 0 atom stereocenters. The first-order valence-corrected chi connectivity index (χ1v) is 4.40. The fraction of sp³-hybridized carbons (Fsp3) is 0.111. The van der Waals surface area contributed by atoms with E-state index in [9.17, 15) is 5.11 Å². The zero-order valence-electron chi connectivity index (χ0n) is 7.27. The Hall–Kier alpha value is -1.55. The van der Waals surface area contributed by atoms with E-state index in [0.717, 1.165) is 0 Å². The Morgan fingerprint density at radius 2 is 2.43 bits per heavy atom. The fourth-order valence-corrected chi connectivity index (χ4v) is 1.50. The van der Waals surface area contributed by atoms with Crippen molar-refractivity contribution in [2.45, 2.75) is 6.54 Å². The summed E-state index contributed by atoms with van der Waals surface area (Å²) in [5, 5.41) is 11.7. The number of pyridine rings is 1. The smallest absolute Gasteiger partial charge is 0.156 e. The van der Waals surface area contributed by atoms with Gasteiger partial charge in [0.15, 0.2) is 5.15 Å². The third-order valence-corrected chi connectivity index (χ3v) is 2.18. The molecule has 0 saturated heterocycles. The van der Waals surface area contributed by atoms with Crippen molar-refractivity contribution in [1.82, 2.24) is 14.5 Å². The Labute approximate surface area is 85.5 Å². The maximum absolute atomic E-state index is 11.4.